The third-order valence-corrected chi connectivity index (χ3v) is 9.61. The van der Waals surface area contributed by atoms with Crippen LogP contribution in [0.15, 0.2) is 137 Å². The summed E-state index contributed by atoms with van der Waals surface area (Å²) in [6.07, 6.45) is -6.65. The van der Waals surface area contributed by atoms with Crippen LogP contribution in [0.5, 0.6) is 23.0 Å². The fourth-order valence-corrected chi connectivity index (χ4v) is 6.84. The van der Waals surface area contributed by atoms with E-state index in [1.54, 1.807) is 43.3 Å². The fourth-order valence-electron chi connectivity index (χ4n) is 6.84. The highest BCUT2D eigenvalue weighted by Gasteiger charge is 2.52. The van der Waals surface area contributed by atoms with Crippen LogP contribution >= 0.6 is 0 Å². The Bertz CT molecular complexity index is 2500. The molecule has 1 aliphatic heterocycles. The summed E-state index contributed by atoms with van der Waals surface area (Å²) >= 11 is 0. The van der Waals surface area contributed by atoms with Crippen LogP contribution in [0.2, 0.25) is 0 Å². The van der Waals surface area contributed by atoms with Crippen LogP contribution in [0, 0.1) is 0 Å². The van der Waals surface area contributed by atoms with Crippen molar-refractivity contribution in [3.05, 3.63) is 154 Å². The predicted molar refractivity (Wildman–Crippen MR) is 222 cm³/mol. The van der Waals surface area contributed by atoms with E-state index in [1.807, 2.05) is 91.0 Å². The largest absolute Gasteiger partial charge is 0.489 e. The van der Waals surface area contributed by atoms with Crippen molar-refractivity contribution in [1.29, 1.82) is 0 Å². The number of benzene rings is 5. The van der Waals surface area contributed by atoms with Crippen LogP contribution in [-0.2, 0) is 53.2 Å². The van der Waals surface area contributed by atoms with Gasteiger partial charge < -0.3 is 42.3 Å². The maximum Gasteiger partial charge on any atom is 0.303 e. The van der Waals surface area contributed by atoms with Gasteiger partial charge in [-0.1, -0.05) is 91.0 Å². The zero-order chi connectivity index (χ0) is 42.9. The lowest BCUT2D eigenvalue weighted by Gasteiger charge is -2.43. The summed E-state index contributed by atoms with van der Waals surface area (Å²) in [5.41, 5.74) is 2.60. The Hall–Kier alpha value is -7.12. The molecule has 0 radical (unpaired) electrons. The molecule has 0 unspecified atom stereocenters. The zero-order valence-electron chi connectivity index (χ0n) is 33.9. The lowest BCUT2D eigenvalue weighted by molar-refractivity contribution is -0.280. The fraction of sp³-hybridized carbons (Fsp3) is 0.250. The molecule has 0 N–H and O–H groups in total. The van der Waals surface area contributed by atoms with Crippen LogP contribution < -0.4 is 24.4 Å². The Kier molecular flexibility index (Phi) is 13.3. The van der Waals surface area contributed by atoms with Gasteiger partial charge >= 0.3 is 17.9 Å². The molecular weight excluding hydrogens is 785 g/mol. The highest BCUT2D eigenvalue weighted by Crippen LogP contribution is 2.39. The van der Waals surface area contributed by atoms with Gasteiger partial charge in [0.2, 0.25) is 23.6 Å². The van der Waals surface area contributed by atoms with Crippen molar-refractivity contribution in [1.82, 2.24) is 0 Å². The van der Waals surface area contributed by atoms with E-state index < -0.39 is 54.0 Å². The highest BCUT2D eigenvalue weighted by molar-refractivity contribution is 5.88. The first-order chi connectivity index (χ1) is 29.5. The van der Waals surface area contributed by atoms with E-state index >= 15 is 4.79 Å². The van der Waals surface area contributed by atoms with Gasteiger partial charge in [0.1, 0.15) is 48.0 Å². The molecule has 2 heterocycles. The summed E-state index contributed by atoms with van der Waals surface area (Å²) in [6, 6.07) is 38.7. The Labute approximate surface area is 351 Å². The Morgan fingerprint density at radius 2 is 1.07 bits per heavy atom. The van der Waals surface area contributed by atoms with E-state index in [2.05, 4.69) is 0 Å². The lowest BCUT2D eigenvalue weighted by Crippen LogP contribution is -2.62. The minimum atomic E-state index is -1.58. The Morgan fingerprint density at radius 3 is 1.61 bits per heavy atom. The number of carbonyl (C=O) groups excluding carboxylic acids is 3. The van der Waals surface area contributed by atoms with E-state index in [0.717, 1.165) is 30.5 Å². The number of ether oxygens (including phenoxy) is 8. The molecule has 6 aromatic rings. The van der Waals surface area contributed by atoms with Crippen LogP contribution in [-0.4, -0.2) is 48.6 Å². The number of fused-ring (bicyclic) bond motifs is 1. The summed E-state index contributed by atoms with van der Waals surface area (Å²) in [5, 5.41) is 0.0202. The first-order valence-corrected chi connectivity index (χ1v) is 19.6. The first-order valence-electron chi connectivity index (χ1n) is 19.6. The molecule has 5 aromatic carbocycles. The molecule has 1 aromatic heterocycles. The Morgan fingerprint density at radius 1 is 0.574 bits per heavy atom. The second kappa shape index (κ2) is 19.3. The summed E-state index contributed by atoms with van der Waals surface area (Å²) in [6.45, 7) is 5.69. The molecule has 7 rings (SSSR count). The molecule has 0 spiro atoms. The lowest BCUT2D eigenvalue weighted by atomic mass is 9.98. The van der Waals surface area contributed by atoms with Gasteiger partial charge in [0, 0.05) is 38.5 Å². The van der Waals surface area contributed by atoms with E-state index in [1.165, 1.54) is 6.92 Å². The van der Waals surface area contributed by atoms with Crippen molar-refractivity contribution >= 4 is 28.9 Å². The molecule has 1 aliphatic rings. The Balaban J connectivity index is 1.35. The van der Waals surface area contributed by atoms with E-state index in [-0.39, 0.29) is 41.4 Å². The van der Waals surface area contributed by atoms with Crippen molar-refractivity contribution in [2.24, 2.45) is 0 Å². The van der Waals surface area contributed by atoms with Gasteiger partial charge in [-0.05, 0) is 47.9 Å². The first kappa shape index (κ1) is 42.0. The normalized spacial score (nSPS) is 18.4. The van der Waals surface area contributed by atoms with Crippen molar-refractivity contribution < 1.29 is 56.7 Å². The number of hydrogen-bond donors (Lipinski definition) is 0. The van der Waals surface area contributed by atoms with Crippen LogP contribution in [0.25, 0.3) is 22.3 Å². The average Bonchev–Trinajstić information content (AvgIpc) is 3.25. The smallest absolute Gasteiger partial charge is 0.303 e. The molecule has 0 amide bonds. The van der Waals surface area contributed by atoms with Gasteiger partial charge in [-0.3, -0.25) is 19.2 Å². The minimum absolute atomic E-state index is 0.0202. The number of esters is 3. The maximum atomic E-state index is 15.1. The zero-order valence-corrected chi connectivity index (χ0v) is 33.9. The van der Waals surface area contributed by atoms with Gasteiger partial charge in [-0.2, -0.15) is 0 Å². The van der Waals surface area contributed by atoms with Gasteiger partial charge in [0.25, 0.3) is 0 Å². The second-order valence-electron chi connectivity index (χ2n) is 14.3. The van der Waals surface area contributed by atoms with Crippen molar-refractivity contribution in [2.75, 3.05) is 0 Å². The van der Waals surface area contributed by atoms with Gasteiger partial charge in [0.05, 0.1) is 6.10 Å². The van der Waals surface area contributed by atoms with Crippen molar-refractivity contribution in [3.63, 3.8) is 0 Å². The summed E-state index contributed by atoms with van der Waals surface area (Å²) < 4.78 is 54.6. The molecule has 61 heavy (non-hydrogen) atoms. The van der Waals surface area contributed by atoms with Crippen molar-refractivity contribution in [3.8, 4) is 34.3 Å². The quantitative estimate of drug-likeness (QED) is 0.0724. The summed E-state index contributed by atoms with van der Waals surface area (Å²) in [7, 11) is 0. The number of carbonyl (C=O) groups is 3. The molecule has 314 valence electrons. The number of hydrogen-bond acceptors (Lipinski definition) is 13. The number of rotatable bonds is 15. The second-order valence-corrected chi connectivity index (χ2v) is 14.3. The van der Waals surface area contributed by atoms with Crippen molar-refractivity contribution in [2.45, 2.75) is 78.2 Å². The topological polar surface area (TPSA) is 155 Å². The summed E-state index contributed by atoms with van der Waals surface area (Å²) in [4.78, 5) is 52.2. The van der Waals surface area contributed by atoms with Crippen LogP contribution in [0.1, 0.15) is 44.4 Å². The van der Waals surface area contributed by atoms with Gasteiger partial charge in [0.15, 0.2) is 18.0 Å². The third kappa shape index (κ3) is 10.6. The average molecular weight is 829 g/mol. The molecular formula is C48H44O13. The molecule has 1 saturated heterocycles. The standard InChI is InChI=1S/C48H44O13/c1-29-43(57-30(2)49)46(58-31(3)50)47(59-32(4)51)48(56-29)61-45-42(52)41-39(55-28-35-18-12-7-13-19-35)24-38(54-27-34-16-10-6-11-17-34)25-40(41)60-44(45)36-20-22-37(23-21-36)53-26-33-14-8-5-9-15-33/h5-25,29,43,46-48H,26-28H2,1-4H3/t29-,43-,46+,47+,48-/m0/s1. The van der Waals surface area contributed by atoms with Crippen LogP contribution in [0.4, 0.5) is 0 Å². The highest BCUT2D eigenvalue weighted by atomic mass is 16.7. The summed E-state index contributed by atoms with van der Waals surface area (Å²) in [5.74, 6) is -1.53. The van der Waals surface area contributed by atoms with E-state index in [4.69, 9.17) is 42.3 Å². The molecule has 1 fully saturated rings. The molecule has 0 aliphatic carbocycles. The SMILES string of the molecule is CC(=O)O[C@@H]1[C@@H](OC(C)=O)[C@H](C)O[C@@H](Oc2c(-c3ccc(OCc4ccccc4)cc3)oc3cc(OCc4ccccc4)cc(OCc4ccccc4)c3c2=O)[C@@H]1OC(C)=O. The molecule has 0 bridgehead atoms. The van der Waals surface area contributed by atoms with Gasteiger partial charge in [-0.25, -0.2) is 0 Å². The molecule has 13 heteroatoms. The molecule has 13 nitrogen and oxygen atoms in total. The van der Waals surface area contributed by atoms with E-state index in [9.17, 15) is 14.4 Å². The molecule has 5 atom stereocenters. The third-order valence-electron chi connectivity index (χ3n) is 9.61. The van der Waals surface area contributed by atoms with Gasteiger partial charge in [-0.15, -0.1) is 0 Å². The molecule has 0 saturated carbocycles. The monoisotopic (exact) mass is 828 g/mol. The minimum Gasteiger partial charge on any atom is -0.489 e. The predicted octanol–water partition coefficient (Wildman–Crippen LogP) is 8.12. The van der Waals surface area contributed by atoms with Crippen LogP contribution in [0.3, 0.4) is 0 Å². The van der Waals surface area contributed by atoms with E-state index in [0.29, 0.717) is 23.7 Å². The maximum absolute atomic E-state index is 15.1.